The summed E-state index contributed by atoms with van der Waals surface area (Å²) in [5.74, 6) is 2.94. The summed E-state index contributed by atoms with van der Waals surface area (Å²) in [5, 5.41) is 0. The number of nitrogens with zero attached hydrogens (tertiary/aromatic N) is 8. The molecule has 78 heavy (non-hydrogen) atoms. The van der Waals surface area contributed by atoms with Crippen LogP contribution >= 0.6 is 0 Å². The third-order valence-corrected chi connectivity index (χ3v) is 16.2. The molecule has 0 aliphatic carbocycles. The van der Waals surface area contributed by atoms with E-state index in [4.69, 9.17) is 13.6 Å². The van der Waals surface area contributed by atoms with Gasteiger partial charge in [0.1, 0.15) is 36.3 Å². The quantitative estimate of drug-likeness (QED) is 0.118. The van der Waals surface area contributed by atoms with Crippen molar-refractivity contribution in [1.29, 1.82) is 0 Å². The second-order valence-corrected chi connectivity index (χ2v) is 21.1. The number of hydrogen-bond donors (Lipinski definition) is 0. The lowest BCUT2D eigenvalue weighted by molar-refractivity contribution is 0.482. The van der Waals surface area contributed by atoms with Crippen LogP contribution < -0.4 is 48.7 Å². The predicted molar refractivity (Wildman–Crippen MR) is 325 cm³/mol. The fourth-order valence-electron chi connectivity index (χ4n) is 11.8. The van der Waals surface area contributed by atoms with E-state index in [0.717, 1.165) is 87.6 Å². The molecule has 0 N–H and O–H groups in total. The Balaban J connectivity index is 0.751. The largest absolute Gasteiger partial charge is 0.457 e. The van der Waals surface area contributed by atoms with Crippen LogP contribution in [0.15, 0.2) is 182 Å². The van der Waals surface area contributed by atoms with Gasteiger partial charge >= 0.3 is 0 Å². The maximum absolute atomic E-state index is 8.32. The second kappa shape index (κ2) is 19.5. The van der Waals surface area contributed by atoms with Crippen molar-refractivity contribution in [2.24, 2.45) is 0 Å². The van der Waals surface area contributed by atoms with Gasteiger partial charge in [-0.1, -0.05) is 62.4 Å². The first-order valence-electron chi connectivity index (χ1n) is 28.7. The first-order valence-corrected chi connectivity index (χ1v) is 27.2. The van der Waals surface area contributed by atoms with Crippen molar-refractivity contribution in [2.75, 3.05) is 79.9 Å². The highest BCUT2D eigenvalue weighted by Gasteiger charge is 2.34. The van der Waals surface area contributed by atoms with E-state index in [1.807, 2.05) is 61.5 Å². The zero-order valence-electron chi connectivity index (χ0n) is 48.5. The smallest absolute Gasteiger partial charge is 0.129 e. The normalized spacial score (nSPS) is 15.1. The van der Waals surface area contributed by atoms with Gasteiger partial charge < -0.3 is 48.7 Å². The van der Waals surface area contributed by atoms with Gasteiger partial charge in [-0.15, -0.1) is 0 Å². The zero-order chi connectivity index (χ0) is 55.8. The van der Waals surface area contributed by atoms with E-state index in [0.29, 0.717) is 30.5 Å². The van der Waals surface area contributed by atoms with E-state index in [1.54, 1.807) is 0 Å². The topological polar surface area (TPSA) is 44.4 Å². The number of benzene rings is 9. The molecule has 0 saturated heterocycles. The van der Waals surface area contributed by atoms with Gasteiger partial charge in [-0.3, -0.25) is 0 Å². The van der Waals surface area contributed by atoms with Crippen LogP contribution in [0.1, 0.15) is 51.3 Å². The van der Waals surface area contributed by atoms with Gasteiger partial charge in [0.2, 0.25) is 0 Å². The van der Waals surface area contributed by atoms with Gasteiger partial charge in [0.25, 0.3) is 0 Å². The number of anilines is 14. The molecule has 4 aliphatic heterocycles. The van der Waals surface area contributed by atoms with Gasteiger partial charge in [-0.05, 0) is 183 Å². The van der Waals surface area contributed by atoms with Gasteiger partial charge in [0, 0.05) is 76.5 Å². The third kappa shape index (κ3) is 8.52. The van der Waals surface area contributed by atoms with Gasteiger partial charge in [-0.2, -0.15) is 0 Å². The molecule has 0 unspecified atom stereocenters. The van der Waals surface area contributed by atoms with E-state index < -0.39 is 6.98 Å². The minimum absolute atomic E-state index is 0.211. The third-order valence-electron chi connectivity index (χ3n) is 16.2. The van der Waals surface area contributed by atoms with Crippen LogP contribution in [0.25, 0.3) is 0 Å². The molecule has 390 valence electrons. The molecule has 0 fully saturated rings. The van der Waals surface area contributed by atoms with Crippen LogP contribution in [-0.2, 0) is 12.8 Å². The van der Waals surface area contributed by atoms with Crippen molar-refractivity contribution < 1.29 is 13.6 Å². The second-order valence-electron chi connectivity index (χ2n) is 21.1. The first kappa shape index (κ1) is 45.2. The number of rotatable bonds is 12. The minimum Gasteiger partial charge on any atom is -0.457 e. The molecule has 4 heterocycles. The lowest BCUT2D eigenvalue weighted by Gasteiger charge is -2.29. The molecule has 0 radical (unpaired) electrons. The molecule has 10 nitrogen and oxygen atoms in total. The number of ether oxygens (including phenoxy) is 2. The summed E-state index contributed by atoms with van der Waals surface area (Å²) >= 11 is 0. The Morgan fingerprint density at radius 1 is 0.333 bits per heavy atom. The van der Waals surface area contributed by atoms with E-state index in [1.165, 1.54) is 55.6 Å². The predicted octanol–water partition coefficient (Wildman–Crippen LogP) is 17.2. The maximum atomic E-state index is 8.32. The number of hydrogen-bond acceptors (Lipinski definition) is 10. The van der Waals surface area contributed by atoms with Crippen molar-refractivity contribution in [3.8, 4) is 23.0 Å². The molecule has 9 aromatic carbocycles. The summed E-state index contributed by atoms with van der Waals surface area (Å²) in [7, 11) is 2.15. The summed E-state index contributed by atoms with van der Waals surface area (Å²) in [6.07, 6.45) is 1.71. The van der Waals surface area contributed by atoms with E-state index in [-0.39, 0.29) is 6.67 Å². The average molecular weight is 1030 g/mol. The molecular formula is C68H66N8O2. The fourth-order valence-corrected chi connectivity index (χ4v) is 11.8. The number of aryl methyl sites for hydroxylation is 6. The molecule has 4 aliphatic rings. The minimum atomic E-state index is -2.28. The van der Waals surface area contributed by atoms with E-state index in [9.17, 15) is 0 Å². The van der Waals surface area contributed by atoms with Crippen LogP contribution in [0.4, 0.5) is 79.6 Å². The molecule has 0 saturated carbocycles. The summed E-state index contributed by atoms with van der Waals surface area (Å²) in [6.45, 7) is 12.9. The Kier molecular flexibility index (Phi) is 11.3. The summed E-state index contributed by atoms with van der Waals surface area (Å²) in [6, 6.07) is 64.0. The van der Waals surface area contributed by atoms with Crippen molar-refractivity contribution in [1.82, 2.24) is 0 Å². The summed E-state index contributed by atoms with van der Waals surface area (Å²) in [5.41, 5.74) is 22.4. The Bertz CT molecular complexity index is 3920. The van der Waals surface area contributed by atoms with Crippen molar-refractivity contribution in [3.63, 3.8) is 0 Å². The maximum Gasteiger partial charge on any atom is 0.129 e. The zero-order valence-corrected chi connectivity index (χ0v) is 45.5. The Labute approximate surface area is 463 Å². The van der Waals surface area contributed by atoms with Gasteiger partial charge in [0.15, 0.2) is 0 Å². The molecule has 13 rings (SSSR count). The highest BCUT2D eigenvalue weighted by Crippen LogP contribution is 2.51. The van der Waals surface area contributed by atoms with E-state index >= 15 is 0 Å². The first-order chi connectivity index (χ1) is 39.2. The Morgan fingerprint density at radius 3 is 1.01 bits per heavy atom. The van der Waals surface area contributed by atoms with Crippen molar-refractivity contribution in [2.45, 2.75) is 54.4 Å². The summed E-state index contributed by atoms with van der Waals surface area (Å²) in [4.78, 5) is 17.9. The molecule has 0 aromatic heterocycles. The number of para-hydroxylation sites is 4. The lowest BCUT2D eigenvalue weighted by Crippen LogP contribution is -2.26. The van der Waals surface area contributed by atoms with Crippen molar-refractivity contribution in [3.05, 3.63) is 215 Å². The van der Waals surface area contributed by atoms with Gasteiger partial charge in [-0.25, -0.2) is 0 Å². The Morgan fingerprint density at radius 2 is 0.654 bits per heavy atom. The van der Waals surface area contributed by atoms with Crippen LogP contribution in [0.5, 0.6) is 23.0 Å². The molecular weight excluding hydrogens is 961 g/mol. The van der Waals surface area contributed by atoms with Crippen LogP contribution in [0.3, 0.4) is 0 Å². The molecule has 0 bridgehead atoms. The molecule has 0 amide bonds. The Hall–Kier alpha value is -9.02. The molecule has 0 spiro atoms. The average Bonchev–Trinajstić information content (AvgIpc) is 4.46. The lowest BCUT2D eigenvalue weighted by atomic mass is 10.0. The van der Waals surface area contributed by atoms with Gasteiger partial charge in [0.05, 0.1) is 58.8 Å². The number of fused-ring (bicyclic) bond motifs is 4. The highest BCUT2D eigenvalue weighted by atomic mass is 16.5. The van der Waals surface area contributed by atoms with Crippen LogP contribution in [0.2, 0.25) is 0 Å². The fraction of sp³-hybridized carbons (Fsp3) is 0.206. The molecule has 10 heteroatoms. The van der Waals surface area contributed by atoms with E-state index in [2.05, 4.69) is 203 Å². The van der Waals surface area contributed by atoms with Crippen LogP contribution in [0, 0.1) is 27.7 Å². The molecule has 0 atom stereocenters. The summed E-state index contributed by atoms with van der Waals surface area (Å²) < 4.78 is 38.3. The standard InChI is InChI=1S/C68H66N8O2/c1-9-49-35-64(76-44-74(60-28-12-14-30-62(60)76)54-22-18-26-58(40-54)78-56-24-16-20-52(38-56)72-42-70(8)66-32-46(4)48(6)34-68(66)72)50(10-2)36-63(49)75-43-73(59-27-11-13-29-61(59)75)53-21-17-25-57(39-53)77-55-23-15-19-51(37-55)71-41-69(7)65-31-45(3)47(5)33-67(65)71/h11-40H,9-10,41-44H2,1-8H3/i7D3. The highest BCUT2D eigenvalue weighted by molar-refractivity contribution is 5.92. The van der Waals surface area contributed by atoms with Crippen LogP contribution in [-0.4, -0.2) is 40.7 Å². The SMILES string of the molecule is [2H]C([2H])([2H])N1CN(c2cccc(Oc3cccc(N4CN(c5cc(CC)c(N6CN(c7cccc(Oc8cccc(N9CN(C)c%10cc(C)c(C)cc%109)c8)c7)c7ccccc76)cc5CC)c5ccccc54)c3)c2)c2cc(C)c(C)cc21. The monoisotopic (exact) mass is 1030 g/mol. The van der Waals surface area contributed by atoms with Crippen molar-refractivity contribution >= 4 is 79.6 Å². The molecule has 9 aromatic rings.